The largest absolute Gasteiger partial charge is 0.481 e. The van der Waals surface area contributed by atoms with Crippen LogP contribution in [0.2, 0.25) is 0 Å². The number of pyridine rings is 1. The van der Waals surface area contributed by atoms with Crippen LogP contribution in [0.5, 0.6) is 0 Å². The lowest BCUT2D eigenvalue weighted by atomic mass is 9.94. The number of β-amino-alcohol motifs (C(OH)–C–C–N with tert-alkyl or cyclic N) is 1. The molecule has 2 N–H and O–H groups in total. The number of likely N-dealkylation sites (tertiary alicyclic amines) is 1. The van der Waals surface area contributed by atoms with E-state index in [1.54, 1.807) is 36.4 Å². The topological polar surface area (TPSA) is 130 Å². The molecule has 1 aliphatic rings. The van der Waals surface area contributed by atoms with E-state index in [2.05, 4.69) is 25.1 Å². The predicted octanol–water partition coefficient (Wildman–Crippen LogP) is 4.22. The molecule has 0 amide bonds. The van der Waals surface area contributed by atoms with Crippen LogP contribution >= 0.6 is 0 Å². The molecule has 4 aromatic rings. The molecule has 0 saturated carbocycles. The van der Waals surface area contributed by atoms with Gasteiger partial charge in [0.2, 0.25) is 5.82 Å². The number of halogens is 3. The predicted molar refractivity (Wildman–Crippen MR) is 131 cm³/mol. The Bertz CT molecular complexity index is 1420. The molecule has 4 heterocycles. The van der Waals surface area contributed by atoms with Crippen molar-refractivity contribution < 1.29 is 32.7 Å². The summed E-state index contributed by atoms with van der Waals surface area (Å²) in [6.45, 7) is 1.76. The van der Waals surface area contributed by atoms with Crippen molar-refractivity contribution in [2.24, 2.45) is 5.92 Å². The average Bonchev–Trinajstić information content (AvgIpc) is 3.57. The summed E-state index contributed by atoms with van der Waals surface area (Å²) in [5, 5.41) is 27.5. The quantitative estimate of drug-likeness (QED) is 0.336. The van der Waals surface area contributed by atoms with E-state index in [9.17, 15) is 23.1 Å². The summed E-state index contributed by atoms with van der Waals surface area (Å²) < 4.78 is 47.8. The van der Waals surface area contributed by atoms with E-state index in [4.69, 9.17) is 9.63 Å². The summed E-state index contributed by atoms with van der Waals surface area (Å²) in [6, 6.07) is 11.2. The highest BCUT2D eigenvalue weighted by atomic mass is 19.4. The lowest BCUT2D eigenvalue weighted by molar-refractivity contribution is -0.142. The first-order valence-corrected chi connectivity index (χ1v) is 12.3. The molecule has 3 aromatic heterocycles. The van der Waals surface area contributed by atoms with E-state index in [0.717, 1.165) is 25.6 Å². The van der Waals surface area contributed by atoms with Crippen molar-refractivity contribution in [1.82, 2.24) is 29.8 Å². The summed E-state index contributed by atoms with van der Waals surface area (Å²) in [5.41, 5.74) is -0.329. The summed E-state index contributed by atoms with van der Waals surface area (Å²) >= 11 is 0. The maximum atomic E-state index is 14.0. The lowest BCUT2D eigenvalue weighted by Crippen LogP contribution is -2.38. The molecular formula is C26H25F3N6O4. The van der Waals surface area contributed by atoms with Crippen LogP contribution in [0.1, 0.15) is 36.6 Å². The van der Waals surface area contributed by atoms with Gasteiger partial charge in [-0.15, -0.1) is 0 Å². The van der Waals surface area contributed by atoms with E-state index < -0.39 is 23.9 Å². The molecule has 1 saturated heterocycles. The van der Waals surface area contributed by atoms with Crippen molar-refractivity contribution in [2.75, 3.05) is 19.6 Å². The van der Waals surface area contributed by atoms with Crippen LogP contribution in [0.25, 0.3) is 28.7 Å². The van der Waals surface area contributed by atoms with Gasteiger partial charge in [0, 0.05) is 31.3 Å². The fourth-order valence-corrected chi connectivity index (χ4v) is 4.82. The molecule has 2 atom stereocenters. The van der Waals surface area contributed by atoms with Gasteiger partial charge in [-0.3, -0.25) is 4.79 Å². The number of hydrogen-bond acceptors (Lipinski definition) is 8. The number of carboxylic acid groups (broad SMARTS) is 1. The molecule has 0 bridgehead atoms. The Morgan fingerprint density at radius 3 is 2.67 bits per heavy atom. The fraction of sp³-hybridized carbons (Fsp3) is 0.346. The van der Waals surface area contributed by atoms with Crippen LogP contribution < -0.4 is 0 Å². The van der Waals surface area contributed by atoms with Crippen LogP contribution in [0.3, 0.4) is 0 Å². The van der Waals surface area contributed by atoms with E-state index in [-0.39, 0.29) is 35.4 Å². The molecule has 1 aliphatic heterocycles. The van der Waals surface area contributed by atoms with Crippen molar-refractivity contribution in [3.05, 3.63) is 66.1 Å². The number of rotatable bonds is 8. The van der Waals surface area contributed by atoms with E-state index >= 15 is 0 Å². The number of carboxylic acids is 1. The summed E-state index contributed by atoms with van der Waals surface area (Å²) in [4.78, 5) is 21.2. The lowest BCUT2D eigenvalue weighted by Gasteiger charge is -2.33. The molecule has 0 aliphatic carbocycles. The first-order valence-electron chi connectivity index (χ1n) is 12.3. The molecule has 0 unspecified atom stereocenters. The molecule has 0 spiro atoms. The van der Waals surface area contributed by atoms with Gasteiger partial charge in [0.15, 0.2) is 11.5 Å². The zero-order valence-electron chi connectivity index (χ0n) is 20.6. The van der Waals surface area contributed by atoms with Crippen LogP contribution in [0.15, 0.2) is 59.4 Å². The molecule has 1 fully saturated rings. The number of aliphatic hydroxyl groups is 1. The Balaban J connectivity index is 1.31. The summed E-state index contributed by atoms with van der Waals surface area (Å²) in [7, 11) is 0. The highest BCUT2D eigenvalue weighted by molar-refractivity contribution is 5.67. The second kappa shape index (κ2) is 10.9. The number of alkyl halides is 3. The molecule has 5 rings (SSSR count). The number of hydrogen-bond donors (Lipinski definition) is 2. The maximum Gasteiger partial charge on any atom is 0.434 e. The van der Waals surface area contributed by atoms with Crippen LogP contribution in [-0.4, -0.2) is 65.6 Å². The Labute approximate surface area is 220 Å². The maximum absolute atomic E-state index is 14.0. The van der Waals surface area contributed by atoms with Gasteiger partial charge >= 0.3 is 12.1 Å². The summed E-state index contributed by atoms with van der Waals surface area (Å²) in [6.07, 6.45) is -1.34. The van der Waals surface area contributed by atoms with Crippen molar-refractivity contribution >= 4 is 5.97 Å². The zero-order chi connectivity index (χ0) is 27.6. The smallest absolute Gasteiger partial charge is 0.434 e. The van der Waals surface area contributed by atoms with Gasteiger partial charge in [-0.2, -0.15) is 23.3 Å². The fourth-order valence-electron chi connectivity index (χ4n) is 4.82. The third-order valence-electron chi connectivity index (χ3n) is 6.61. The first-order chi connectivity index (χ1) is 18.7. The SMILES string of the molecule is O=C(O)C[C@H]1CCCN(C[C@H](O)c2ccc(-c3noc(-c4cnn(-c5ccccn5)c4C(F)(F)F)n3)cc2)C1. The van der Waals surface area contributed by atoms with Gasteiger partial charge in [-0.1, -0.05) is 35.5 Å². The number of aromatic nitrogens is 5. The Hall–Kier alpha value is -4.10. The second-order valence-corrected chi connectivity index (χ2v) is 9.43. The Morgan fingerprint density at radius 2 is 1.97 bits per heavy atom. The second-order valence-electron chi connectivity index (χ2n) is 9.43. The minimum Gasteiger partial charge on any atom is -0.481 e. The molecule has 0 radical (unpaired) electrons. The molecular weight excluding hydrogens is 517 g/mol. The van der Waals surface area contributed by atoms with Crippen LogP contribution in [-0.2, 0) is 11.0 Å². The molecule has 39 heavy (non-hydrogen) atoms. The number of piperidine rings is 1. The normalized spacial score (nSPS) is 17.3. The van der Waals surface area contributed by atoms with Gasteiger partial charge in [0.1, 0.15) is 0 Å². The van der Waals surface area contributed by atoms with Gasteiger partial charge in [0.25, 0.3) is 5.89 Å². The number of nitrogens with zero attached hydrogens (tertiary/aromatic N) is 6. The minimum absolute atomic E-state index is 0.00748. The Kier molecular flexibility index (Phi) is 7.44. The van der Waals surface area contributed by atoms with Gasteiger partial charge < -0.3 is 19.6 Å². The Morgan fingerprint density at radius 1 is 1.18 bits per heavy atom. The third-order valence-corrected chi connectivity index (χ3v) is 6.61. The molecule has 10 nitrogen and oxygen atoms in total. The minimum atomic E-state index is -4.77. The van der Waals surface area contributed by atoms with Crippen LogP contribution in [0, 0.1) is 5.92 Å². The number of benzene rings is 1. The van der Waals surface area contributed by atoms with Crippen molar-refractivity contribution in [2.45, 2.75) is 31.5 Å². The number of aliphatic carboxylic acids is 1. The van der Waals surface area contributed by atoms with E-state index in [0.29, 0.717) is 28.9 Å². The molecule has 1 aromatic carbocycles. The van der Waals surface area contributed by atoms with Crippen LogP contribution in [0.4, 0.5) is 13.2 Å². The van der Waals surface area contributed by atoms with Crippen molar-refractivity contribution in [3.8, 4) is 28.7 Å². The van der Waals surface area contributed by atoms with Crippen molar-refractivity contribution in [3.63, 3.8) is 0 Å². The van der Waals surface area contributed by atoms with Gasteiger partial charge in [-0.05, 0) is 43.0 Å². The van der Waals surface area contributed by atoms with Gasteiger partial charge in [0.05, 0.1) is 17.9 Å². The van der Waals surface area contributed by atoms with Gasteiger partial charge in [-0.25, -0.2) is 9.67 Å². The highest BCUT2D eigenvalue weighted by Gasteiger charge is 2.41. The first kappa shape index (κ1) is 26.5. The van der Waals surface area contributed by atoms with E-state index in [1.807, 2.05) is 0 Å². The molecule has 13 heteroatoms. The highest BCUT2D eigenvalue weighted by Crippen LogP contribution is 2.38. The third kappa shape index (κ3) is 5.99. The standard InChI is InChI=1S/C26H25F3N6O4/c27-26(28,29)23-19(13-31-35(23)21-5-1-2-10-30-21)25-32-24(33-39-25)18-8-6-17(7-9-18)20(36)15-34-11-3-4-16(14-34)12-22(37)38/h1-2,5-10,13,16,20,36H,3-4,11-12,14-15H2,(H,37,38)/t16-,20+/m1/s1. The van der Waals surface area contributed by atoms with Crippen molar-refractivity contribution in [1.29, 1.82) is 0 Å². The summed E-state index contributed by atoms with van der Waals surface area (Å²) in [5.74, 6) is -1.03. The number of carbonyl (C=O) groups is 1. The number of aliphatic hydroxyl groups excluding tert-OH is 1. The monoisotopic (exact) mass is 542 g/mol. The average molecular weight is 543 g/mol. The van der Waals surface area contributed by atoms with E-state index in [1.165, 1.54) is 12.3 Å². The molecule has 204 valence electrons. The zero-order valence-corrected chi connectivity index (χ0v) is 20.6.